The van der Waals surface area contributed by atoms with Crippen LogP contribution in [0.4, 0.5) is 0 Å². The van der Waals surface area contributed by atoms with Gasteiger partial charge < -0.3 is 5.11 Å². The van der Waals surface area contributed by atoms with Crippen LogP contribution in [0.3, 0.4) is 0 Å². The minimum atomic E-state index is -0.438. The largest absolute Gasteiger partial charge is 0.385 e. The van der Waals surface area contributed by atoms with Gasteiger partial charge in [0.15, 0.2) is 0 Å². The molecule has 0 amide bonds. The highest BCUT2D eigenvalue weighted by atomic mass is 16.3. The lowest BCUT2D eigenvalue weighted by atomic mass is 9.53. The first-order valence-corrected chi connectivity index (χ1v) is 8.22. The second kappa shape index (κ2) is 3.97. The van der Waals surface area contributed by atoms with Crippen molar-refractivity contribution < 1.29 is 5.11 Å². The molecule has 4 atom stereocenters. The molecule has 1 heteroatoms. The summed E-state index contributed by atoms with van der Waals surface area (Å²) in [6, 6.07) is 0. The van der Waals surface area contributed by atoms with E-state index in [1.54, 1.807) is 5.57 Å². The maximum absolute atomic E-state index is 11.5. The summed E-state index contributed by atoms with van der Waals surface area (Å²) in [4.78, 5) is 0. The van der Waals surface area contributed by atoms with Crippen LogP contribution in [-0.4, -0.2) is 10.7 Å². The Kier molecular flexibility index (Phi) is 2.55. The first-order valence-electron chi connectivity index (χ1n) is 8.22. The van der Waals surface area contributed by atoms with Crippen LogP contribution in [0.15, 0.2) is 23.3 Å². The van der Waals surface area contributed by atoms with Gasteiger partial charge in [0.05, 0.1) is 5.60 Å². The van der Waals surface area contributed by atoms with Crippen LogP contribution >= 0.6 is 0 Å². The van der Waals surface area contributed by atoms with Crippen LogP contribution in [-0.2, 0) is 0 Å². The minimum Gasteiger partial charge on any atom is -0.385 e. The maximum Gasteiger partial charge on any atom is 0.0893 e. The van der Waals surface area contributed by atoms with Crippen LogP contribution < -0.4 is 0 Å². The van der Waals surface area contributed by atoms with Crippen LogP contribution in [0.1, 0.15) is 64.7 Å². The molecular weight excluding hydrogens is 232 g/mol. The lowest BCUT2D eigenvalue weighted by Gasteiger charge is -2.55. The van der Waals surface area contributed by atoms with Crippen molar-refractivity contribution in [3.8, 4) is 0 Å². The first kappa shape index (κ1) is 12.2. The van der Waals surface area contributed by atoms with Gasteiger partial charge in [-0.05, 0) is 74.2 Å². The first-order chi connectivity index (χ1) is 9.13. The Bertz CT molecular complexity index is 460. The van der Waals surface area contributed by atoms with Crippen molar-refractivity contribution in [3.63, 3.8) is 0 Å². The van der Waals surface area contributed by atoms with Gasteiger partial charge in [-0.1, -0.05) is 31.1 Å². The molecule has 0 aromatic rings. The standard InChI is InChI=1S/C18H26O/c1-17-10-4-7-15(17)16-9-8-13-5-2-3-6-14(13)18(16,19)12-11-17/h2-3,15-16,19H,4-12H2,1H3/t15-,16-,17-,18-/m0/s1. The number of aliphatic hydroxyl groups is 1. The fraction of sp³-hybridized carbons (Fsp3) is 0.778. The van der Waals surface area contributed by atoms with Crippen molar-refractivity contribution in [2.75, 3.05) is 0 Å². The second-order valence-corrected chi connectivity index (χ2v) is 7.68. The quantitative estimate of drug-likeness (QED) is 0.639. The van der Waals surface area contributed by atoms with Crippen LogP contribution in [0, 0.1) is 17.3 Å². The van der Waals surface area contributed by atoms with Gasteiger partial charge in [0, 0.05) is 0 Å². The normalized spacial score (nSPS) is 48.7. The van der Waals surface area contributed by atoms with Gasteiger partial charge in [0.1, 0.15) is 0 Å². The highest BCUT2D eigenvalue weighted by molar-refractivity contribution is 5.36. The monoisotopic (exact) mass is 258 g/mol. The molecule has 2 saturated carbocycles. The van der Waals surface area contributed by atoms with Gasteiger partial charge in [-0.25, -0.2) is 0 Å². The number of rotatable bonds is 0. The van der Waals surface area contributed by atoms with Gasteiger partial charge in [0.25, 0.3) is 0 Å². The number of hydrogen-bond acceptors (Lipinski definition) is 1. The van der Waals surface area contributed by atoms with Crippen LogP contribution in [0.2, 0.25) is 0 Å². The van der Waals surface area contributed by atoms with Crippen molar-refractivity contribution in [3.05, 3.63) is 23.3 Å². The summed E-state index contributed by atoms with van der Waals surface area (Å²) in [5, 5.41) is 11.5. The van der Waals surface area contributed by atoms with Crippen LogP contribution in [0.5, 0.6) is 0 Å². The molecule has 4 rings (SSSR count). The number of hydrogen-bond donors (Lipinski definition) is 1. The van der Waals surface area contributed by atoms with E-state index in [2.05, 4.69) is 19.1 Å². The van der Waals surface area contributed by atoms with Gasteiger partial charge in [-0.2, -0.15) is 0 Å². The Hall–Kier alpha value is -0.560. The molecule has 4 aliphatic carbocycles. The van der Waals surface area contributed by atoms with E-state index in [4.69, 9.17) is 0 Å². The molecule has 2 fully saturated rings. The summed E-state index contributed by atoms with van der Waals surface area (Å²) in [5.41, 5.74) is 3.11. The highest BCUT2D eigenvalue weighted by Gasteiger charge is 2.57. The smallest absolute Gasteiger partial charge is 0.0893 e. The van der Waals surface area contributed by atoms with Crippen molar-refractivity contribution in [2.24, 2.45) is 17.3 Å². The zero-order valence-electron chi connectivity index (χ0n) is 12.1. The van der Waals surface area contributed by atoms with Gasteiger partial charge in [-0.15, -0.1) is 0 Å². The molecule has 0 radical (unpaired) electrons. The van der Waals surface area contributed by atoms with E-state index in [-0.39, 0.29) is 0 Å². The van der Waals surface area contributed by atoms with Crippen LogP contribution in [0.25, 0.3) is 0 Å². The molecule has 19 heavy (non-hydrogen) atoms. The van der Waals surface area contributed by atoms with Gasteiger partial charge >= 0.3 is 0 Å². The molecule has 0 heterocycles. The average Bonchev–Trinajstić information content (AvgIpc) is 2.81. The number of fused-ring (bicyclic) bond motifs is 4. The molecule has 1 nitrogen and oxygen atoms in total. The highest BCUT2D eigenvalue weighted by Crippen LogP contribution is 2.62. The SMILES string of the molecule is C[C@@]12CCC[C@H]1[C@@H]1CCC3=C(CC=CC3)[C@@]1(O)CC2. The third-order valence-corrected chi connectivity index (χ3v) is 6.89. The van der Waals surface area contributed by atoms with E-state index >= 15 is 0 Å². The predicted octanol–water partition coefficient (Wildman–Crippen LogP) is 4.37. The summed E-state index contributed by atoms with van der Waals surface area (Å²) >= 11 is 0. The summed E-state index contributed by atoms with van der Waals surface area (Å²) in [5.74, 6) is 1.34. The predicted molar refractivity (Wildman–Crippen MR) is 77.8 cm³/mol. The Morgan fingerprint density at radius 3 is 2.79 bits per heavy atom. The van der Waals surface area contributed by atoms with E-state index in [1.807, 2.05) is 0 Å². The summed E-state index contributed by atoms with van der Waals surface area (Å²) < 4.78 is 0. The lowest BCUT2D eigenvalue weighted by molar-refractivity contribution is -0.0955. The molecule has 4 aliphatic rings. The van der Waals surface area contributed by atoms with Gasteiger partial charge in [0.2, 0.25) is 0 Å². The van der Waals surface area contributed by atoms with E-state index in [0.29, 0.717) is 11.3 Å². The molecule has 0 aromatic carbocycles. The number of allylic oxidation sites excluding steroid dienone is 3. The fourth-order valence-corrected chi connectivity index (χ4v) is 5.83. The Balaban J connectivity index is 1.74. The van der Waals surface area contributed by atoms with E-state index in [9.17, 15) is 5.11 Å². The lowest BCUT2D eigenvalue weighted by Crippen LogP contribution is -2.53. The molecular formula is C18H26O. The molecule has 104 valence electrons. The third-order valence-electron chi connectivity index (χ3n) is 6.89. The molecule has 0 spiro atoms. The fourth-order valence-electron chi connectivity index (χ4n) is 5.83. The molecule has 0 aliphatic heterocycles. The van der Waals surface area contributed by atoms with Crippen molar-refractivity contribution in [1.82, 2.24) is 0 Å². The average molecular weight is 258 g/mol. The Morgan fingerprint density at radius 2 is 1.89 bits per heavy atom. The molecule has 0 saturated heterocycles. The van der Waals surface area contributed by atoms with Crippen molar-refractivity contribution >= 4 is 0 Å². The maximum atomic E-state index is 11.5. The zero-order chi connectivity index (χ0) is 13.1. The zero-order valence-corrected chi connectivity index (χ0v) is 12.1. The summed E-state index contributed by atoms with van der Waals surface area (Å²) in [6.45, 7) is 2.49. The molecule has 0 aromatic heterocycles. The van der Waals surface area contributed by atoms with E-state index < -0.39 is 5.60 Å². The van der Waals surface area contributed by atoms with E-state index in [1.165, 1.54) is 44.1 Å². The summed E-state index contributed by atoms with van der Waals surface area (Å²) in [6.07, 6.45) is 15.6. The molecule has 1 N–H and O–H groups in total. The second-order valence-electron chi connectivity index (χ2n) is 7.68. The minimum absolute atomic E-state index is 0.438. The van der Waals surface area contributed by atoms with E-state index in [0.717, 1.165) is 25.2 Å². The van der Waals surface area contributed by atoms with Crippen molar-refractivity contribution in [1.29, 1.82) is 0 Å². The Morgan fingerprint density at radius 1 is 1.05 bits per heavy atom. The van der Waals surface area contributed by atoms with Crippen molar-refractivity contribution in [2.45, 2.75) is 70.3 Å². The molecule has 0 unspecified atom stereocenters. The third kappa shape index (κ3) is 1.57. The topological polar surface area (TPSA) is 20.2 Å². The molecule has 0 bridgehead atoms. The summed E-state index contributed by atoms with van der Waals surface area (Å²) in [7, 11) is 0. The van der Waals surface area contributed by atoms with Gasteiger partial charge in [-0.3, -0.25) is 0 Å². The Labute approximate surface area is 116 Å².